The summed E-state index contributed by atoms with van der Waals surface area (Å²) in [6.07, 6.45) is 0. The van der Waals surface area contributed by atoms with E-state index in [2.05, 4.69) is 10.1 Å². The van der Waals surface area contributed by atoms with Crippen molar-refractivity contribution in [1.82, 2.24) is 10.1 Å². The van der Waals surface area contributed by atoms with Gasteiger partial charge in [-0.05, 0) is 29.1 Å². The minimum Gasteiger partial charge on any atom is -0.321 e. The molecule has 84 valence electrons. The molecule has 1 heterocycles. The largest absolute Gasteiger partial charge is 0.321 e. The van der Waals surface area contributed by atoms with Crippen LogP contribution in [0, 0.1) is 5.82 Å². The van der Waals surface area contributed by atoms with Crippen molar-refractivity contribution in [2.24, 2.45) is 0 Å². The van der Waals surface area contributed by atoms with Gasteiger partial charge in [-0.25, -0.2) is 4.39 Å². The van der Waals surface area contributed by atoms with Crippen molar-refractivity contribution in [3.05, 3.63) is 47.6 Å². The third-order valence-electron chi connectivity index (χ3n) is 2.51. The molecular weight excluding hydrogens is 243 g/mol. The van der Waals surface area contributed by atoms with Gasteiger partial charge < -0.3 is 4.52 Å². The lowest BCUT2D eigenvalue weighted by Gasteiger charge is -2.03. The van der Waals surface area contributed by atoms with Gasteiger partial charge in [0.2, 0.25) is 5.82 Å². The average Bonchev–Trinajstić information content (AvgIpc) is 2.77. The van der Waals surface area contributed by atoms with Crippen molar-refractivity contribution in [2.75, 3.05) is 0 Å². The summed E-state index contributed by atoms with van der Waals surface area (Å²) in [7, 11) is 0. The molecule has 0 unspecified atom stereocenters. The van der Waals surface area contributed by atoms with Crippen molar-refractivity contribution < 1.29 is 8.91 Å². The normalized spacial score (nSPS) is 10.9. The van der Waals surface area contributed by atoms with Crippen molar-refractivity contribution in [1.29, 1.82) is 0 Å². The Labute approximate surface area is 101 Å². The van der Waals surface area contributed by atoms with Crippen LogP contribution in [0.2, 0.25) is 5.35 Å². The summed E-state index contributed by atoms with van der Waals surface area (Å²) in [5.41, 5.74) is 0.692. The van der Waals surface area contributed by atoms with Gasteiger partial charge in [-0.3, -0.25) is 0 Å². The maximum atomic E-state index is 13.6. The van der Waals surface area contributed by atoms with E-state index in [4.69, 9.17) is 16.1 Å². The molecule has 0 saturated heterocycles. The SMILES string of the molecule is Fc1ccc(-c2noc(Cl)n2)c2ccccc12. The predicted molar refractivity (Wildman–Crippen MR) is 62.2 cm³/mol. The Morgan fingerprint density at radius 2 is 1.82 bits per heavy atom. The molecule has 0 aliphatic carbocycles. The second kappa shape index (κ2) is 3.82. The number of hydrogen-bond acceptors (Lipinski definition) is 3. The molecule has 0 radical (unpaired) electrons. The Bertz CT molecular complexity index is 696. The first-order chi connectivity index (χ1) is 8.25. The lowest BCUT2D eigenvalue weighted by Crippen LogP contribution is -1.86. The summed E-state index contributed by atoms with van der Waals surface area (Å²) in [6.45, 7) is 0. The van der Waals surface area contributed by atoms with Crippen LogP contribution in [0.5, 0.6) is 0 Å². The summed E-state index contributed by atoms with van der Waals surface area (Å²) in [4.78, 5) is 3.93. The van der Waals surface area contributed by atoms with E-state index in [-0.39, 0.29) is 11.2 Å². The fourth-order valence-corrected chi connectivity index (χ4v) is 1.89. The summed E-state index contributed by atoms with van der Waals surface area (Å²) < 4.78 is 18.3. The molecule has 0 bridgehead atoms. The number of hydrogen-bond donors (Lipinski definition) is 0. The van der Waals surface area contributed by atoms with Gasteiger partial charge in [0.15, 0.2) is 0 Å². The minimum absolute atomic E-state index is 0.0339. The van der Waals surface area contributed by atoms with Crippen LogP contribution in [0.1, 0.15) is 0 Å². The highest BCUT2D eigenvalue weighted by Crippen LogP contribution is 2.28. The van der Waals surface area contributed by atoms with Gasteiger partial charge in [0.1, 0.15) is 5.82 Å². The van der Waals surface area contributed by atoms with Crippen molar-refractivity contribution in [3.8, 4) is 11.4 Å². The lowest BCUT2D eigenvalue weighted by atomic mass is 10.0. The molecule has 3 aromatic rings. The molecule has 0 N–H and O–H groups in total. The van der Waals surface area contributed by atoms with E-state index in [1.807, 2.05) is 6.07 Å². The molecular formula is C12H6ClFN2O. The first-order valence-corrected chi connectivity index (χ1v) is 5.30. The fraction of sp³-hybridized carbons (Fsp3) is 0. The molecule has 3 rings (SSSR count). The number of aromatic nitrogens is 2. The van der Waals surface area contributed by atoms with Crippen LogP contribution in [0.4, 0.5) is 4.39 Å². The molecule has 1 aromatic heterocycles. The Hall–Kier alpha value is -1.94. The zero-order valence-electron chi connectivity index (χ0n) is 8.52. The number of halogens is 2. The van der Waals surface area contributed by atoms with Crippen LogP contribution in [-0.4, -0.2) is 10.1 Å². The fourth-order valence-electron chi connectivity index (χ4n) is 1.77. The van der Waals surface area contributed by atoms with Gasteiger partial charge in [-0.15, -0.1) is 0 Å². The summed E-state index contributed by atoms with van der Waals surface area (Å²) >= 11 is 5.58. The molecule has 0 aliphatic rings. The van der Waals surface area contributed by atoms with Gasteiger partial charge in [0.25, 0.3) is 0 Å². The van der Waals surface area contributed by atoms with Crippen molar-refractivity contribution in [3.63, 3.8) is 0 Å². The zero-order chi connectivity index (χ0) is 11.8. The Balaban J connectivity index is 2.34. The van der Waals surface area contributed by atoms with Gasteiger partial charge in [-0.2, -0.15) is 4.98 Å². The first-order valence-electron chi connectivity index (χ1n) is 4.92. The third kappa shape index (κ3) is 1.66. The molecule has 0 atom stereocenters. The van der Waals surface area contributed by atoms with Crippen LogP contribution in [0.15, 0.2) is 40.9 Å². The predicted octanol–water partition coefficient (Wildman–Crippen LogP) is 3.68. The quantitative estimate of drug-likeness (QED) is 0.659. The second-order valence-corrected chi connectivity index (χ2v) is 3.83. The molecule has 5 heteroatoms. The topological polar surface area (TPSA) is 38.9 Å². The highest BCUT2D eigenvalue weighted by atomic mass is 35.5. The van der Waals surface area contributed by atoms with E-state index < -0.39 is 0 Å². The monoisotopic (exact) mass is 248 g/mol. The molecule has 2 aromatic carbocycles. The van der Waals surface area contributed by atoms with Gasteiger partial charge >= 0.3 is 5.35 Å². The van der Waals surface area contributed by atoms with Crippen LogP contribution in [0.3, 0.4) is 0 Å². The molecule has 0 aliphatic heterocycles. The lowest BCUT2D eigenvalue weighted by molar-refractivity contribution is 0.421. The first kappa shape index (κ1) is 10.2. The van der Waals surface area contributed by atoms with E-state index in [1.54, 1.807) is 24.3 Å². The van der Waals surface area contributed by atoms with Crippen LogP contribution < -0.4 is 0 Å². The average molecular weight is 249 g/mol. The smallest absolute Gasteiger partial charge is 0.320 e. The highest BCUT2D eigenvalue weighted by molar-refractivity contribution is 6.27. The van der Waals surface area contributed by atoms with Crippen molar-refractivity contribution >= 4 is 22.4 Å². The molecule has 0 spiro atoms. The Morgan fingerprint density at radius 1 is 1.06 bits per heavy atom. The zero-order valence-corrected chi connectivity index (χ0v) is 9.28. The third-order valence-corrected chi connectivity index (χ3v) is 2.67. The van der Waals surface area contributed by atoms with E-state index in [1.165, 1.54) is 6.07 Å². The maximum Gasteiger partial charge on any atom is 0.320 e. The van der Waals surface area contributed by atoms with E-state index in [0.717, 1.165) is 5.39 Å². The van der Waals surface area contributed by atoms with Gasteiger partial charge in [0.05, 0.1) is 0 Å². The number of nitrogens with zero attached hydrogens (tertiary/aromatic N) is 2. The van der Waals surface area contributed by atoms with Crippen molar-refractivity contribution in [2.45, 2.75) is 0 Å². The van der Waals surface area contributed by atoms with Crippen LogP contribution in [-0.2, 0) is 0 Å². The molecule has 3 nitrogen and oxygen atoms in total. The maximum absolute atomic E-state index is 13.6. The standard InChI is InChI=1S/C12H6ClFN2O/c13-12-15-11(16-17-12)9-5-6-10(14)8-4-2-1-3-7(8)9/h1-6H. The van der Waals surface area contributed by atoms with Crippen LogP contribution in [0.25, 0.3) is 22.2 Å². The van der Waals surface area contributed by atoms with Gasteiger partial charge in [-0.1, -0.05) is 29.4 Å². The second-order valence-electron chi connectivity index (χ2n) is 3.51. The summed E-state index contributed by atoms with van der Waals surface area (Å²) in [5.74, 6) is 0.0742. The minimum atomic E-state index is -0.279. The molecule has 0 saturated carbocycles. The number of benzene rings is 2. The summed E-state index contributed by atoms with van der Waals surface area (Å²) in [6, 6.07) is 10.1. The number of rotatable bonds is 1. The molecule has 0 amide bonds. The molecule has 0 fully saturated rings. The van der Waals surface area contributed by atoms with Crippen LogP contribution >= 0.6 is 11.6 Å². The highest BCUT2D eigenvalue weighted by Gasteiger charge is 2.12. The number of fused-ring (bicyclic) bond motifs is 1. The Kier molecular flexibility index (Phi) is 2.30. The van der Waals surface area contributed by atoms with E-state index in [0.29, 0.717) is 16.8 Å². The van der Waals surface area contributed by atoms with Gasteiger partial charge in [0, 0.05) is 10.9 Å². The summed E-state index contributed by atoms with van der Waals surface area (Å²) in [5, 5.41) is 4.94. The Morgan fingerprint density at radius 3 is 2.53 bits per heavy atom. The van der Waals surface area contributed by atoms with E-state index >= 15 is 0 Å². The van der Waals surface area contributed by atoms with E-state index in [9.17, 15) is 4.39 Å². The molecule has 17 heavy (non-hydrogen) atoms.